The summed E-state index contributed by atoms with van der Waals surface area (Å²) in [5, 5.41) is 4.59. The number of benzene rings is 2. The molecule has 0 spiro atoms. The number of rotatable bonds is 8. The molecule has 0 atom stereocenters. The molecule has 1 aliphatic rings. The maximum Gasteiger partial charge on any atom is 0.0944 e. The summed E-state index contributed by atoms with van der Waals surface area (Å²) in [6.07, 6.45) is 0. The van der Waals surface area contributed by atoms with Gasteiger partial charge in [-0.2, -0.15) is 0 Å². The first-order valence-corrected chi connectivity index (χ1v) is 9.72. The van der Waals surface area contributed by atoms with Gasteiger partial charge in [-0.1, -0.05) is 66.2 Å². The van der Waals surface area contributed by atoms with Gasteiger partial charge in [0.1, 0.15) is 0 Å². The number of nitrogens with zero attached hydrogens (tertiary/aromatic N) is 2. The lowest BCUT2D eigenvalue weighted by Crippen LogP contribution is -2.59. The van der Waals surface area contributed by atoms with Crippen LogP contribution in [0.25, 0.3) is 0 Å². The van der Waals surface area contributed by atoms with Crippen molar-refractivity contribution in [2.45, 2.75) is 26.1 Å². The summed E-state index contributed by atoms with van der Waals surface area (Å²) in [6.45, 7) is 11.2. The van der Waals surface area contributed by atoms with Crippen LogP contribution in [-0.2, 0) is 13.1 Å². The minimum Gasteiger partial charge on any atom is -0.368 e. The highest BCUT2D eigenvalue weighted by molar-refractivity contribution is 6.42. The number of likely N-dealkylation sites (tertiary alicyclic amines) is 1. The summed E-state index contributed by atoms with van der Waals surface area (Å²) in [5.41, 5.74) is 2.46. The lowest BCUT2D eigenvalue weighted by atomic mass is 10.1. The highest BCUT2D eigenvalue weighted by Gasteiger charge is 2.31. The van der Waals surface area contributed by atoms with E-state index in [1.54, 1.807) is 0 Å². The van der Waals surface area contributed by atoms with Gasteiger partial charge in [0.25, 0.3) is 0 Å². The Labute approximate surface area is 166 Å². The second-order valence-electron chi connectivity index (χ2n) is 6.67. The predicted molar refractivity (Wildman–Crippen MR) is 110 cm³/mol. The van der Waals surface area contributed by atoms with E-state index in [0.29, 0.717) is 22.6 Å². The molecule has 1 heterocycles. The smallest absolute Gasteiger partial charge is 0.0944 e. The van der Waals surface area contributed by atoms with E-state index in [2.05, 4.69) is 59.0 Å². The third kappa shape index (κ3) is 4.73. The minimum absolute atomic E-state index is 0.512. The third-order valence-corrected chi connectivity index (χ3v) is 5.53. The van der Waals surface area contributed by atoms with E-state index in [4.69, 9.17) is 23.2 Å². The molecule has 1 fully saturated rings. The highest BCUT2D eigenvalue weighted by atomic mass is 35.5. The maximum atomic E-state index is 6.09. The molecule has 138 valence electrons. The summed E-state index contributed by atoms with van der Waals surface area (Å²) in [4.78, 5) is 4.81. The van der Waals surface area contributed by atoms with Crippen LogP contribution in [-0.4, -0.2) is 35.5 Å². The largest absolute Gasteiger partial charge is 0.368 e. The third-order valence-electron chi connectivity index (χ3n) is 4.80. The zero-order valence-corrected chi connectivity index (χ0v) is 16.6. The van der Waals surface area contributed by atoms with E-state index >= 15 is 0 Å². The van der Waals surface area contributed by atoms with Crippen molar-refractivity contribution in [1.82, 2.24) is 15.1 Å². The van der Waals surface area contributed by atoms with Gasteiger partial charge < -0.3 is 10.2 Å². The fraction of sp³-hybridized carbons (Fsp3) is 0.333. The van der Waals surface area contributed by atoms with Gasteiger partial charge in [-0.3, -0.25) is 4.90 Å². The highest BCUT2D eigenvalue weighted by Crippen LogP contribution is 2.23. The predicted octanol–water partition coefficient (Wildman–Crippen LogP) is 4.76. The van der Waals surface area contributed by atoms with Crippen molar-refractivity contribution in [2.75, 3.05) is 19.6 Å². The van der Waals surface area contributed by atoms with Crippen molar-refractivity contribution in [3.8, 4) is 0 Å². The lowest BCUT2D eigenvalue weighted by molar-refractivity contribution is 0.0467. The molecule has 0 bridgehead atoms. The average molecular weight is 390 g/mol. The topological polar surface area (TPSA) is 18.5 Å². The summed E-state index contributed by atoms with van der Waals surface area (Å²) >= 11 is 12.1. The Hall–Kier alpha value is -1.68. The van der Waals surface area contributed by atoms with E-state index < -0.39 is 0 Å². The number of hydrogen-bond donors (Lipinski definition) is 1. The molecule has 0 aliphatic carbocycles. The quantitative estimate of drug-likeness (QED) is 0.701. The Bertz CT molecular complexity index is 742. The molecule has 1 saturated heterocycles. The molecule has 3 nitrogen and oxygen atoms in total. The van der Waals surface area contributed by atoms with E-state index in [9.17, 15) is 0 Å². The van der Waals surface area contributed by atoms with Crippen molar-refractivity contribution in [3.05, 3.63) is 82.1 Å². The van der Waals surface area contributed by atoms with Crippen LogP contribution in [0.1, 0.15) is 18.1 Å². The molecule has 3 rings (SSSR count). The second-order valence-corrected chi connectivity index (χ2v) is 7.48. The fourth-order valence-electron chi connectivity index (χ4n) is 3.34. The Morgan fingerprint density at radius 1 is 1.12 bits per heavy atom. The van der Waals surface area contributed by atoms with Crippen LogP contribution in [0.5, 0.6) is 0 Å². The molecule has 5 heteroatoms. The van der Waals surface area contributed by atoms with Crippen molar-refractivity contribution in [1.29, 1.82) is 0 Å². The van der Waals surface area contributed by atoms with Crippen molar-refractivity contribution < 1.29 is 0 Å². The number of nitrogens with one attached hydrogen (secondary N) is 1. The fourth-order valence-corrected chi connectivity index (χ4v) is 3.66. The molecule has 0 aromatic heterocycles. The van der Waals surface area contributed by atoms with Crippen LogP contribution in [0.3, 0.4) is 0 Å². The zero-order valence-electron chi connectivity index (χ0n) is 15.1. The molecule has 0 amide bonds. The maximum absolute atomic E-state index is 6.09. The van der Waals surface area contributed by atoms with Gasteiger partial charge in [0.15, 0.2) is 0 Å². The summed E-state index contributed by atoms with van der Waals surface area (Å²) in [5.74, 6) is 0.961. The average Bonchev–Trinajstić information content (AvgIpc) is 2.62. The SMILES string of the molecule is C=C(NCc1ccc(Cl)c(Cl)c1)N(CC)C1CN(Cc2ccccc2)C1. The van der Waals surface area contributed by atoms with Crippen molar-refractivity contribution >= 4 is 23.2 Å². The van der Waals surface area contributed by atoms with Crippen LogP contribution < -0.4 is 5.32 Å². The van der Waals surface area contributed by atoms with E-state index in [1.807, 2.05) is 18.2 Å². The summed E-state index contributed by atoms with van der Waals surface area (Å²) < 4.78 is 0. The number of hydrogen-bond acceptors (Lipinski definition) is 3. The molecular formula is C21H25Cl2N3. The van der Waals surface area contributed by atoms with E-state index in [-0.39, 0.29) is 0 Å². The number of halogens is 2. The zero-order chi connectivity index (χ0) is 18.5. The van der Waals surface area contributed by atoms with Gasteiger partial charge in [0.05, 0.1) is 21.9 Å². The van der Waals surface area contributed by atoms with Gasteiger partial charge in [-0.15, -0.1) is 0 Å². The van der Waals surface area contributed by atoms with Gasteiger partial charge in [-0.25, -0.2) is 0 Å². The minimum atomic E-state index is 0.512. The Kier molecular flexibility index (Phi) is 6.47. The van der Waals surface area contributed by atoms with Crippen LogP contribution in [0.2, 0.25) is 10.0 Å². The molecular weight excluding hydrogens is 365 g/mol. The molecule has 0 saturated carbocycles. The van der Waals surface area contributed by atoms with Crippen molar-refractivity contribution in [2.24, 2.45) is 0 Å². The van der Waals surface area contributed by atoms with Gasteiger partial charge in [0, 0.05) is 32.7 Å². The van der Waals surface area contributed by atoms with Crippen LogP contribution in [0, 0.1) is 0 Å². The standard InChI is InChI=1S/C21H25Cl2N3/c1-3-26(16(2)24-12-18-9-10-20(22)21(23)11-18)19-14-25(15-19)13-17-7-5-4-6-8-17/h4-11,19,24H,2-3,12-15H2,1H3. The Morgan fingerprint density at radius 3 is 2.50 bits per heavy atom. The molecule has 2 aromatic rings. The van der Waals surface area contributed by atoms with E-state index in [0.717, 1.165) is 37.6 Å². The van der Waals surface area contributed by atoms with Crippen LogP contribution >= 0.6 is 23.2 Å². The first-order chi connectivity index (χ1) is 12.6. The molecule has 0 radical (unpaired) electrons. The molecule has 2 aromatic carbocycles. The van der Waals surface area contributed by atoms with Gasteiger partial charge in [0.2, 0.25) is 0 Å². The van der Waals surface area contributed by atoms with Crippen molar-refractivity contribution in [3.63, 3.8) is 0 Å². The molecule has 1 aliphatic heterocycles. The van der Waals surface area contributed by atoms with Gasteiger partial charge in [-0.05, 0) is 30.2 Å². The first kappa shape index (κ1) is 19.1. The second kappa shape index (κ2) is 8.81. The molecule has 0 unspecified atom stereocenters. The Morgan fingerprint density at radius 2 is 1.85 bits per heavy atom. The summed E-state index contributed by atoms with van der Waals surface area (Å²) in [7, 11) is 0. The molecule has 26 heavy (non-hydrogen) atoms. The normalized spacial score (nSPS) is 14.7. The van der Waals surface area contributed by atoms with Crippen LogP contribution in [0.15, 0.2) is 60.9 Å². The number of likely N-dealkylation sites (N-methyl/N-ethyl adjacent to an activating group) is 1. The molecule has 1 N–H and O–H groups in total. The monoisotopic (exact) mass is 389 g/mol. The lowest BCUT2D eigenvalue weighted by Gasteiger charge is -2.46. The van der Waals surface area contributed by atoms with Gasteiger partial charge >= 0.3 is 0 Å². The van der Waals surface area contributed by atoms with E-state index in [1.165, 1.54) is 5.56 Å². The van der Waals surface area contributed by atoms with Crippen LogP contribution in [0.4, 0.5) is 0 Å². The summed E-state index contributed by atoms with van der Waals surface area (Å²) in [6, 6.07) is 16.8. The Balaban J connectivity index is 1.48. The first-order valence-electron chi connectivity index (χ1n) is 8.96.